The second-order valence-electron chi connectivity index (χ2n) is 5.48. The van der Waals surface area contributed by atoms with Gasteiger partial charge >= 0.3 is 0 Å². The van der Waals surface area contributed by atoms with Crippen molar-refractivity contribution in [3.05, 3.63) is 62.5 Å². The van der Waals surface area contributed by atoms with Gasteiger partial charge in [-0.15, -0.1) is 0 Å². The lowest BCUT2D eigenvalue weighted by Crippen LogP contribution is -1.86. The minimum absolute atomic E-state index is 0.836. The lowest BCUT2D eigenvalue weighted by atomic mass is 10.0. The van der Waals surface area contributed by atoms with Crippen molar-refractivity contribution in [3.63, 3.8) is 0 Å². The Hall–Kier alpha value is -1.52. The van der Waals surface area contributed by atoms with E-state index >= 15 is 0 Å². The highest BCUT2D eigenvalue weighted by atomic mass is 79.9. The number of rotatable bonds is 3. The minimum atomic E-state index is 0.836. The van der Waals surface area contributed by atoms with Crippen molar-refractivity contribution in [2.75, 3.05) is 7.11 Å². The van der Waals surface area contributed by atoms with E-state index in [0.29, 0.717) is 0 Å². The first-order valence-electron chi connectivity index (χ1n) is 7.30. The number of hydrogen-bond acceptors (Lipinski definition) is 1. The molecule has 0 aliphatic heterocycles. The molecule has 0 spiro atoms. The maximum atomic E-state index is 5.31. The third kappa shape index (κ3) is 3.10. The molecule has 0 bridgehead atoms. The van der Waals surface area contributed by atoms with Gasteiger partial charge in [0.1, 0.15) is 5.75 Å². The van der Waals surface area contributed by atoms with Gasteiger partial charge in [0.25, 0.3) is 0 Å². The van der Waals surface area contributed by atoms with Crippen LogP contribution in [0.5, 0.6) is 5.75 Å². The molecule has 4 heteroatoms. The highest BCUT2D eigenvalue weighted by Crippen LogP contribution is 2.36. The monoisotopic (exact) mass is 433 g/mol. The molecule has 0 saturated heterocycles. The molecule has 0 amide bonds. The van der Waals surface area contributed by atoms with Crippen molar-refractivity contribution < 1.29 is 4.74 Å². The topological polar surface area (TPSA) is 25.0 Å². The summed E-state index contributed by atoms with van der Waals surface area (Å²) in [6, 6.07) is 14.5. The van der Waals surface area contributed by atoms with Crippen molar-refractivity contribution in [2.24, 2.45) is 0 Å². The third-order valence-corrected chi connectivity index (χ3v) is 5.28. The number of halogens is 2. The van der Waals surface area contributed by atoms with E-state index < -0.39 is 0 Å². The largest absolute Gasteiger partial charge is 0.496 e. The average molecular weight is 435 g/mol. The molecule has 3 rings (SSSR count). The zero-order valence-corrected chi connectivity index (χ0v) is 16.4. The second-order valence-corrected chi connectivity index (χ2v) is 7.25. The number of aromatic amines is 1. The molecule has 118 valence electrons. The number of methoxy groups -OCH3 is 1. The number of ether oxygens (including phenoxy) is 1. The van der Waals surface area contributed by atoms with E-state index in [4.69, 9.17) is 4.74 Å². The molecular formula is C19H17Br2NO. The van der Waals surface area contributed by atoms with E-state index in [1.54, 1.807) is 7.11 Å². The van der Waals surface area contributed by atoms with Crippen LogP contribution in [0, 0.1) is 13.8 Å². The molecule has 0 fully saturated rings. The van der Waals surface area contributed by atoms with Crippen molar-refractivity contribution >= 4 is 31.9 Å². The van der Waals surface area contributed by atoms with Crippen molar-refractivity contribution in [3.8, 4) is 28.3 Å². The number of hydrogen-bond donors (Lipinski definition) is 1. The average Bonchev–Trinajstić information content (AvgIpc) is 2.84. The van der Waals surface area contributed by atoms with Crippen molar-refractivity contribution in [2.45, 2.75) is 13.8 Å². The molecule has 0 unspecified atom stereocenters. The van der Waals surface area contributed by atoms with Crippen LogP contribution in [0.15, 0.2) is 51.4 Å². The molecule has 0 radical (unpaired) electrons. The van der Waals surface area contributed by atoms with Crippen LogP contribution in [0.2, 0.25) is 0 Å². The summed E-state index contributed by atoms with van der Waals surface area (Å²) in [5, 5.41) is 0. The van der Waals surface area contributed by atoms with Crippen LogP contribution in [-0.4, -0.2) is 12.1 Å². The van der Waals surface area contributed by atoms with Gasteiger partial charge in [0.05, 0.1) is 11.6 Å². The van der Waals surface area contributed by atoms with E-state index in [1.165, 1.54) is 16.7 Å². The van der Waals surface area contributed by atoms with E-state index in [9.17, 15) is 0 Å². The van der Waals surface area contributed by atoms with Crippen LogP contribution in [0.1, 0.15) is 11.1 Å². The number of benzene rings is 2. The first-order valence-corrected chi connectivity index (χ1v) is 8.89. The second kappa shape index (κ2) is 6.54. The fourth-order valence-electron chi connectivity index (χ4n) is 2.70. The molecule has 0 aliphatic carbocycles. The molecule has 1 heterocycles. The highest BCUT2D eigenvalue weighted by molar-refractivity contribution is 9.10. The van der Waals surface area contributed by atoms with Gasteiger partial charge in [0.2, 0.25) is 0 Å². The molecule has 1 aromatic heterocycles. The van der Waals surface area contributed by atoms with Gasteiger partial charge in [-0.1, -0.05) is 28.1 Å². The van der Waals surface area contributed by atoms with E-state index in [0.717, 1.165) is 31.6 Å². The van der Waals surface area contributed by atoms with Crippen LogP contribution < -0.4 is 4.74 Å². The molecule has 0 aliphatic rings. The number of nitrogens with one attached hydrogen (secondary N) is 1. The number of H-pyrrole nitrogens is 1. The summed E-state index contributed by atoms with van der Waals surface area (Å²) >= 11 is 7.05. The molecular weight excluding hydrogens is 418 g/mol. The highest BCUT2D eigenvalue weighted by Gasteiger charge is 2.14. The summed E-state index contributed by atoms with van der Waals surface area (Å²) in [6.07, 6.45) is 0. The van der Waals surface area contributed by atoms with E-state index in [-0.39, 0.29) is 0 Å². The molecule has 2 nitrogen and oxygen atoms in total. The molecule has 0 saturated carbocycles. The fourth-order valence-corrected chi connectivity index (χ4v) is 3.51. The summed E-state index contributed by atoms with van der Waals surface area (Å²) in [4.78, 5) is 3.59. The fraction of sp³-hybridized carbons (Fsp3) is 0.158. The first kappa shape index (κ1) is 16.3. The normalized spacial score (nSPS) is 10.8. The quantitative estimate of drug-likeness (QED) is 0.500. The Kier molecular flexibility index (Phi) is 4.64. The molecule has 23 heavy (non-hydrogen) atoms. The van der Waals surface area contributed by atoms with E-state index in [2.05, 4.69) is 87.1 Å². The molecule has 0 atom stereocenters. The van der Waals surface area contributed by atoms with Crippen molar-refractivity contribution in [1.82, 2.24) is 4.98 Å². The predicted molar refractivity (Wildman–Crippen MR) is 103 cm³/mol. The zero-order valence-electron chi connectivity index (χ0n) is 13.2. The van der Waals surface area contributed by atoms with Gasteiger partial charge < -0.3 is 9.72 Å². The Labute approximate surface area is 153 Å². The van der Waals surface area contributed by atoms with Crippen LogP contribution in [0.4, 0.5) is 0 Å². The van der Waals surface area contributed by atoms with Crippen molar-refractivity contribution in [1.29, 1.82) is 0 Å². The summed E-state index contributed by atoms with van der Waals surface area (Å²) in [5.74, 6) is 0.836. The van der Waals surface area contributed by atoms with E-state index in [1.807, 2.05) is 6.07 Å². The van der Waals surface area contributed by atoms with Crippen LogP contribution in [-0.2, 0) is 0 Å². The Morgan fingerprint density at radius 3 is 1.96 bits per heavy atom. The van der Waals surface area contributed by atoms with Gasteiger partial charge in [-0.25, -0.2) is 0 Å². The number of aromatic nitrogens is 1. The Morgan fingerprint density at radius 1 is 0.826 bits per heavy atom. The minimum Gasteiger partial charge on any atom is -0.496 e. The van der Waals surface area contributed by atoms with Gasteiger partial charge in [-0.3, -0.25) is 0 Å². The van der Waals surface area contributed by atoms with Crippen LogP contribution in [0.3, 0.4) is 0 Å². The van der Waals surface area contributed by atoms with Gasteiger partial charge in [-0.2, -0.15) is 0 Å². The first-order chi connectivity index (χ1) is 11.0. The summed E-state index contributed by atoms with van der Waals surface area (Å²) in [7, 11) is 1.68. The Bertz CT molecular complexity index is 851. The molecule has 1 N–H and O–H groups in total. The lowest BCUT2D eigenvalue weighted by Gasteiger charge is -2.06. The molecule has 3 aromatic rings. The summed E-state index contributed by atoms with van der Waals surface area (Å²) in [6.45, 7) is 4.31. The van der Waals surface area contributed by atoms with Gasteiger partial charge in [0, 0.05) is 15.9 Å². The Balaban J connectivity index is 2.09. The lowest BCUT2D eigenvalue weighted by molar-refractivity contribution is 0.412. The maximum absolute atomic E-state index is 5.31. The standard InChI is InChI=1S/C19H17Br2NO/c1-11-12(2)19(14-6-9-17(23-3)16(21)10-14)22-18(11)13-4-7-15(20)8-5-13/h4-10,22H,1-3H3. The molecule has 2 aromatic carbocycles. The zero-order chi connectivity index (χ0) is 16.6. The van der Waals surface area contributed by atoms with Crippen LogP contribution in [0.25, 0.3) is 22.5 Å². The van der Waals surface area contributed by atoms with Crippen LogP contribution >= 0.6 is 31.9 Å². The predicted octanol–water partition coefficient (Wildman–Crippen LogP) is 6.50. The Morgan fingerprint density at radius 2 is 1.39 bits per heavy atom. The maximum Gasteiger partial charge on any atom is 0.133 e. The third-order valence-electron chi connectivity index (χ3n) is 4.14. The van der Waals surface area contributed by atoms with Gasteiger partial charge in [-0.05, 0) is 82.4 Å². The van der Waals surface area contributed by atoms with Gasteiger partial charge in [0.15, 0.2) is 0 Å². The summed E-state index contributed by atoms with van der Waals surface area (Å²) in [5.41, 5.74) is 7.17. The smallest absolute Gasteiger partial charge is 0.133 e. The summed E-state index contributed by atoms with van der Waals surface area (Å²) < 4.78 is 7.35. The SMILES string of the molecule is COc1ccc(-c2[nH]c(-c3ccc(Br)cc3)c(C)c2C)cc1Br.